The van der Waals surface area contributed by atoms with Crippen LogP contribution in [0, 0.1) is 5.41 Å². The molecule has 0 aromatic rings. The SMILES string of the molecule is CCN/C(=C(\C=N)C(=O)OCC)C(F)F. The number of rotatable bonds is 6. The van der Waals surface area contributed by atoms with Crippen molar-refractivity contribution in [2.45, 2.75) is 20.3 Å². The number of halogens is 2. The lowest BCUT2D eigenvalue weighted by Crippen LogP contribution is -2.25. The summed E-state index contributed by atoms with van der Waals surface area (Å²) >= 11 is 0. The van der Waals surface area contributed by atoms with Crippen molar-refractivity contribution in [2.24, 2.45) is 0 Å². The van der Waals surface area contributed by atoms with E-state index in [0.717, 1.165) is 0 Å². The zero-order chi connectivity index (χ0) is 11.8. The zero-order valence-electron chi connectivity index (χ0n) is 8.64. The van der Waals surface area contributed by atoms with Crippen LogP contribution in [-0.4, -0.2) is 31.8 Å². The predicted molar refractivity (Wildman–Crippen MR) is 52.1 cm³/mol. The van der Waals surface area contributed by atoms with Gasteiger partial charge in [-0.05, 0) is 13.8 Å². The number of hydrogen-bond acceptors (Lipinski definition) is 4. The maximum absolute atomic E-state index is 12.5. The number of esters is 1. The van der Waals surface area contributed by atoms with Gasteiger partial charge in [-0.3, -0.25) is 0 Å². The zero-order valence-corrected chi connectivity index (χ0v) is 8.64. The first-order valence-corrected chi connectivity index (χ1v) is 4.52. The molecule has 0 aliphatic carbocycles. The molecule has 2 N–H and O–H groups in total. The Morgan fingerprint density at radius 1 is 1.53 bits per heavy atom. The van der Waals surface area contributed by atoms with E-state index in [1.807, 2.05) is 0 Å². The molecule has 0 spiro atoms. The molecule has 0 bridgehead atoms. The number of carbonyl (C=O) groups is 1. The summed E-state index contributed by atoms with van der Waals surface area (Å²) in [6.07, 6.45) is -2.26. The van der Waals surface area contributed by atoms with Crippen LogP contribution in [0.2, 0.25) is 0 Å². The second-order valence-electron chi connectivity index (χ2n) is 2.52. The topological polar surface area (TPSA) is 62.2 Å². The summed E-state index contributed by atoms with van der Waals surface area (Å²) in [5.41, 5.74) is -1.00. The lowest BCUT2D eigenvalue weighted by molar-refractivity contribution is -0.138. The first-order valence-electron chi connectivity index (χ1n) is 4.52. The lowest BCUT2D eigenvalue weighted by Gasteiger charge is -2.11. The fourth-order valence-electron chi connectivity index (χ4n) is 0.936. The van der Waals surface area contributed by atoms with Gasteiger partial charge in [-0.2, -0.15) is 0 Å². The van der Waals surface area contributed by atoms with Crippen LogP contribution in [-0.2, 0) is 9.53 Å². The van der Waals surface area contributed by atoms with Crippen LogP contribution < -0.4 is 5.32 Å². The third-order valence-corrected chi connectivity index (χ3v) is 1.52. The summed E-state index contributed by atoms with van der Waals surface area (Å²) in [4.78, 5) is 11.2. The van der Waals surface area contributed by atoms with Gasteiger partial charge in [-0.15, -0.1) is 0 Å². The fourth-order valence-corrected chi connectivity index (χ4v) is 0.936. The first kappa shape index (κ1) is 13.5. The number of hydrogen-bond donors (Lipinski definition) is 2. The van der Waals surface area contributed by atoms with Crippen molar-refractivity contribution in [1.82, 2.24) is 5.32 Å². The average molecular weight is 220 g/mol. The molecule has 0 unspecified atom stereocenters. The number of allylic oxidation sites excluding steroid dienone is 1. The Morgan fingerprint density at radius 2 is 2.13 bits per heavy atom. The van der Waals surface area contributed by atoms with E-state index in [1.54, 1.807) is 13.8 Å². The molecular weight excluding hydrogens is 206 g/mol. The summed E-state index contributed by atoms with van der Waals surface area (Å²) in [7, 11) is 0. The number of carbonyl (C=O) groups excluding carboxylic acids is 1. The molecule has 0 aliphatic heterocycles. The summed E-state index contributed by atoms with van der Waals surface area (Å²) in [5, 5.41) is 9.26. The third kappa shape index (κ3) is 4.05. The summed E-state index contributed by atoms with van der Waals surface area (Å²) < 4.78 is 29.5. The van der Waals surface area contributed by atoms with Gasteiger partial charge < -0.3 is 15.5 Å². The van der Waals surface area contributed by atoms with Crippen molar-refractivity contribution in [1.29, 1.82) is 5.41 Å². The largest absolute Gasteiger partial charge is 0.462 e. The molecule has 0 atom stereocenters. The normalized spacial score (nSPS) is 12.1. The van der Waals surface area contributed by atoms with Crippen molar-refractivity contribution < 1.29 is 18.3 Å². The van der Waals surface area contributed by atoms with Crippen LogP contribution in [0.15, 0.2) is 11.3 Å². The van der Waals surface area contributed by atoms with Crippen LogP contribution in [0.3, 0.4) is 0 Å². The highest BCUT2D eigenvalue weighted by Crippen LogP contribution is 2.11. The highest BCUT2D eigenvalue weighted by atomic mass is 19.3. The van der Waals surface area contributed by atoms with E-state index in [9.17, 15) is 13.6 Å². The molecule has 0 aromatic heterocycles. The Bertz CT molecular complexity index is 265. The highest BCUT2D eigenvalue weighted by molar-refractivity contribution is 6.09. The standard InChI is InChI=1S/C9H14F2N2O2/c1-3-13-7(8(10)11)6(5-12)9(14)15-4-2/h5,8,12-13H,3-4H2,1-2H3/b7-6+,12-5?. The van der Waals surface area contributed by atoms with Crippen LogP contribution in [0.25, 0.3) is 0 Å². The van der Waals surface area contributed by atoms with Gasteiger partial charge in [0.15, 0.2) is 0 Å². The Morgan fingerprint density at radius 3 is 2.47 bits per heavy atom. The molecule has 86 valence electrons. The smallest absolute Gasteiger partial charge is 0.341 e. The van der Waals surface area contributed by atoms with E-state index in [-0.39, 0.29) is 13.2 Å². The van der Waals surface area contributed by atoms with E-state index >= 15 is 0 Å². The van der Waals surface area contributed by atoms with Gasteiger partial charge in [0.25, 0.3) is 6.43 Å². The molecule has 0 saturated heterocycles. The maximum atomic E-state index is 12.5. The molecule has 0 radical (unpaired) electrons. The first-order chi connectivity index (χ1) is 7.08. The van der Waals surface area contributed by atoms with Crippen LogP contribution in [0.5, 0.6) is 0 Å². The third-order valence-electron chi connectivity index (χ3n) is 1.52. The van der Waals surface area contributed by atoms with Gasteiger partial charge in [-0.1, -0.05) is 0 Å². The van der Waals surface area contributed by atoms with Gasteiger partial charge in [0.05, 0.1) is 12.3 Å². The number of nitrogens with one attached hydrogen (secondary N) is 2. The van der Waals surface area contributed by atoms with Gasteiger partial charge in [-0.25, -0.2) is 13.6 Å². The Balaban J connectivity index is 5.03. The molecule has 0 amide bonds. The molecule has 0 rings (SSSR count). The van der Waals surface area contributed by atoms with Crippen LogP contribution in [0.1, 0.15) is 13.8 Å². The molecular formula is C9H14F2N2O2. The van der Waals surface area contributed by atoms with Crippen molar-refractivity contribution in [3.8, 4) is 0 Å². The Hall–Kier alpha value is -1.46. The monoisotopic (exact) mass is 220 g/mol. The van der Waals surface area contributed by atoms with Gasteiger partial charge in [0.2, 0.25) is 0 Å². The minimum atomic E-state index is -2.83. The van der Waals surface area contributed by atoms with Gasteiger partial charge in [0.1, 0.15) is 5.57 Å². The minimum Gasteiger partial charge on any atom is -0.462 e. The molecule has 0 saturated carbocycles. The molecule has 4 nitrogen and oxygen atoms in total. The number of ether oxygens (including phenoxy) is 1. The van der Waals surface area contributed by atoms with Crippen molar-refractivity contribution >= 4 is 12.2 Å². The number of alkyl halides is 2. The van der Waals surface area contributed by atoms with Crippen molar-refractivity contribution in [3.05, 3.63) is 11.3 Å². The quantitative estimate of drug-likeness (QED) is 0.403. The molecule has 0 aliphatic rings. The maximum Gasteiger partial charge on any atom is 0.341 e. The van der Waals surface area contributed by atoms with E-state index in [1.165, 1.54) is 0 Å². The predicted octanol–water partition coefficient (Wildman–Crippen LogP) is 1.33. The fraction of sp³-hybridized carbons (Fsp3) is 0.556. The molecule has 0 aromatic carbocycles. The Kier molecular flexibility index (Phi) is 6.24. The van der Waals surface area contributed by atoms with E-state index in [4.69, 9.17) is 5.41 Å². The van der Waals surface area contributed by atoms with E-state index in [2.05, 4.69) is 10.1 Å². The summed E-state index contributed by atoms with van der Waals surface area (Å²) in [6.45, 7) is 3.51. The average Bonchev–Trinajstić information content (AvgIpc) is 2.18. The molecule has 6 heteroatoms. The van der Waals surface area contributed by atoms with E-state index < -0.39 is 23.7 Å². The van der Waals surface area contributed by atoms with Crippen LogP contribution in [0.4, 0.5) is 8.78 Å². The summed E-state index contributed by atoms with van der Waals surface area (Å²) in [6, 6.07) is 0. The molecule has 0 fully saturated rings. The Labute approximate surface area is 86.8 Å². The van der Waals surface area contributed by atoms with Gasteiger partial charge in [0, 0.05) is 12.8 Å². The van der Waals surface area contributed by atoms with Gasteiger partial charge >= 0.3 is 5.97 Å². The molecule has 15 heavy (non-hydrogen) atoms. The molecule has 0 heterocycles. The second-order valence-corrected chi connectivity index (χ2v) is 2.52. The van der Waals surface area contributed by atoms with Crippen LogP contribution >= 0.6 is 0 Å². The summed E-state index contributed by atoms with van der Waals surface area (Å²) in [5.74, 6) is -0.913. The lowest BCUT2D eigenvalue weighted by atomic mass is 10.2. The second kappa shape index (κ2) is 6.92. The minimum absolute atomic E-state index is 0.0822. The highest BCUT2D eigenvalue weighted by Gasteiger charge is 2.21. The van der Waals surface area contributed by atoms with Crippen molar-refractivity contribution in [2.75, 3.05) is 13.2 Å². The van der Waals surface area contributed by atoms with E-state index in [0.29, 0.717) is 6.21 Å². The van der Waals surface area contributed by atoms with Crippen molar-refractivity contribution in [3.63, 3.8) is 0 Å².